The second kappa shape index (κ2) is 8.23. The number of ether oxygens (including phenoxy) is 1. The topological polar surface area (TPSA) is 89.4 Å². The predicted molar refractivity (Wildman–Crippen MR) is 109 cm³/mol. The quantitative estimate of drug-likeness (QED) is 0.651. The number of nitrogens with zero attached hydrogens (tertiary/aromatic N) is 4. The minimum atomic E-state index is -0.568. The molecule has 0 bridgehead atoms. The van der Waals surface area contributed by atoms with Crippen LogP contribution in [0.4, 0.5) is 14.9 Å². The van der Waals surface area contributed by atoms with Crippen molar-refractivity contribution in [1.82, 2.24) is 19.9 Å². The fourth-order valence-corrected chi connectivity index (χ4v) is 3.98. The highest BCUT2D eigenvalue weighted by Gasteiger charge is 2.32. The molecule has 1 aliphatic rings. The van der Waals surface area contributed by atoms with E-state index in [0.29, 0.717) is 17.8 Å². The number of hydrogen-bond acceptors (Lipinski definition) is 6. The third-order valence-electron chi connectivity index (χ3n) is 4.61. The molecule has 1 saturated heterocycles. The molecule has 1 N–H and O–H groups in total. The summed E-state index contributed by atoms with van der Waals surface area (Å²) in [5.74, 6) is -0.691. The van der Waals surface area contributed by atoms with Crippen molar-refractivity contribution in [2.24, 2.45) is 0 Å². The molecule has 0 spiro atoms. The van der Waals surface area contributed by atoms with Gasteiger partial charge in [-0.3, -0.25) is 9.69 Å². The molecule has 8 nitrogen and oxygen atoms in total. The first-order valence-electron chi connectivity index (χ1n) is 9.35. The minimum absolute atomic E-state index is 0.204. The number of hydrogen-bond donors (Lipinski definition) is 1. The molecule has 10 heteroatoms. The summed E-state index contributed by atoms with van der Waals surface area (Å²) >= 11 is 1.57. The van der Waals surface area contributed by atoms with Gasteiger partial charge in [-0.1, -0.05) is 0 Å². The van der Waals surface area contributed by atoms with Crippen molar-refractivity contribution in [2.45, 2.75) is 26.4 Å². The summed E-state index contributed by atoms with van der Waals surface area (Å²) in [5, 5.41) is 5.55. The Morgan fingerprint density at radius 3 is 2.97 bits per heavy atom. The summed E-state index contributed by atoms with van der Waals surface area (Å²) in [6.07, 6.45) is 2.86. The maximum absolute atomic E-state index is 14.8. The molecular formula is C20H20FN5O3S. The van der Waals surface area contributed by atoms with E-state index < -0.39 is 18.0 Å². The van der Waals surface area contributed by atoms with Crippen LogP contribution in [0.2, 0.25) is 0 Å². The van der Waals surface area contributed by atoms with Crippen LogP contribution in [0, 0.1) is 12.7 Å². The fourth-order valence-electron chi connectivity index (χ4n) is 3.19. The molecule has 3 heterocycles. The smallest absolute Gasteiger partial charge is 0.414 e. The molecule has 0 saturated carbocycles. The predicted octanol–water partition coefficient (Wildman–Crippen LogP) is 2.83. The molecule has 1 aliphatic heterocycles. The Morgan fingerprint density at radius 2 is 2.27 bits per heavy atom. The molecule has 1 fully saturated rings. The number of thiazole rings is 1. The average Bonchev–Trinajstić information content (AvgIpc) is 3.41. The van der Waals surface area contributed by atoms with Gasteiger partial charge in [0.15, 0.2) is 0 Å². The largest absolute Gasteiger partial charge is 0.442 e. The molecule has 0 unspecified atom stereocenters. The Morgan fingerprint density at radius 1 is 1.43 bits per heavy atom. The fraction of sp³-hybridized carbons (Fsp3) is 0.300. The van der Waals surface area contributed by atoms with Crippen LogP contribution in [0.15, 0.2) is 36.1 Å². The van der Waals surface area contributed by atoms with E-state index in [2.05, 4.69) is 15.3 Å². The highest BCUT2D eigenvalue weighted by atomic mass is 32.1. The van der Waals surface area contributed by atoms with Gasteiger partial charge in [-0.15, -0.1) is 11.3 Å². The summed E-state index contributed by atoms with van der Waals surface area (Å²) in [7, 11) is 0. The Balaban J connectivity index is 1.47. The molecule has 0 radical (unpaired) electrons. The van der Waals surface area contributed by atoms with E-state index in [4.69, 9.17) is 4.74 Å². The zero-order chi connectivity index (χ0) is 21.3. The molecular weight excluding hydrogens is 409 g/mol. The second-order valence-corrected chi connectivity index (χ2v) is 7.96. The van der Waals surface area contributed by atoms with Crippen LogP contribution in [0.25, 0.3) is 5.69 Å². The van der Waals surface area contributed by atoms with E-state index >= 15 is 0 Å². The van der Waals surface area contributed by atoms with E-state index in [9.17, 15) is 14.0 Å². The first-order valence-corrected chi connectivity index (χ1v) is 10.2. The minimum Gasteiger partial charge on any atom is -0.442 e. The SMILES string of the molecule is CC(=O)NC[C@H]1CN(c2ccc(-n3cnc(Cc4nc(C)cs4)c3)c(F)c2)C(=O)O1. The van der Waals surface area contributed by atoms with Gasteiger partial charge in [0.25, 0.3) is 0 Å². The summed E-state index contributed by atoms with van der Waals surface area (Å²) in [6.45, 7) is 3.78. The first kappa shape index (κ1) is 20.0. The van der Waals surface area contributed by atoms with Crippen LogP contribution in [-0.2, 0) is 16.0 Å². The Labute approximate surface area is 176 Å². The van der Waals surface area contributed by atoms with Crippen molar-refractivity contribution in [3.63, 3.8) is 0 Å². The average molecular weight is 429 g/mol. The zero-order valence-corrected chi connectivity index (χ0v) is 17.3. The van der Waals surface area contributed by atoms with Crippen LogP contribution in [-0.4, -0.2) is 45.7 Å². The molecule has 156 valence electrons. The first-order chi connectivity index (χ1) is 14.4. The molecule has 1 aromatic carbocycles. The van der Waals surface area contributed by atoms with Gasteiger partial charge >= 0.3 is 6.09 Å². The summed E-state index contributed by atoms with van der Waals surface area (Å²) in [5.41, 5.74) is 2.48. The molecule has 3 aromatic rings. The Kier molecular flexibility index (Phi) is 5.49. The number of imidazole rings is 1. The van der Waals surface area contributed by atoms with Gasteiger partial charge in [-0.25, -0.2) is 19.2 Å². The number of nitrogens with one attached hydrogen (secondary N) is 1. The van der Waals surface area contributed by atoms with Crippen LogP contribution in [0.3, 0.4) is 0 Å². The summed E-state index contributed by atoms with van der Waals surface area (Å²) in [4.78, 5) is 33.3. The number of halogens is 1. The third kappa shape index (κ3) is 4.33. The molecule has 2 amide bonds. The molecule has 0 aliphatic carbocycles. The lowest BCUT2D eigenvalue weighted by molar-refractivity contribution is -0.119. The number of rotatable bonds is 6. The van der Waals surface area contributed by atoms with Gasteiger partial charge < -0.3 is 14.6 Å². The Bertz CT molecular complexity index is 1100. The molecule has 4 rings (SSSR count). The number of aromatic nitrogens is 3. The number of anilines is 1. The lowest BCUT2D eigenvalue weighted by Crippen LogP contribution is -2.33. The van der Waals surface area contributed by atoms with E-state index in [0.717, 1.165) is 16.4 Å². The van der Waals surface area contributed by atoms with Gasteiger partial charge in [-0.2, -0.15) is 0 Å². The van der Waals surface area contributed by atoms with Crippen LogP contribution >= 0.6 is 11.3 Å². The number of benzene rings is 1. The zero-order valence-electron chi connectivity index (χ0n) is 16.5. The van der Waals surface area contributed by atoms with Crippen LogP contribution in [0.5, 0.6) is 0 Å². The van der Waals surface area contributed by atoms with Gasteiger partial charge in [0.2, 0.25) is 5.91 Å². The third-order valence-corrected chi connectivity index (χ3v) is 5.58. The van der Waals surface area contributed by atoms with Crippen molar-refractivity contribution in [2.75, 3.05) is 18.0 Å². The van der Waals surface area contributed by atoms with Gasteiger partial charge in [0, 0.05) is 30.6 Å². The van der Waals surface area contributed by atoms with Gasteiger partial charge in [-0.05, 0) is 25.1 Å². The number of amides is 2. The van der Waals surface area contributed by atoms with E-state index in [1.807, 2.05) is 12.3 Å². The molecule has 30 heavy (non-hydrogen) atoms. The standard InChI is InChI=1S/C20H20FN5O3S/c1-12-10-30-19(24-12)5-14-8-25(11-23-14)18-4-3-15(6-17(18)21)26-9-16(29-20(26)28)7-22-13(2)27/h3-4,6,8,10-11,16H,5,7,9H2,1-2H3,(H,22,27)/t16-/m0/s1. The van der Waals surface area contributed by atoms with Crippen molar-refractivity contribution < 1.29 is 18.7 Å². The lowest BCUT2D eigenvalue weighted by Gasteiger charge is -2.14. The van der Waals surface area contributed by atoms with E-state index in [1.165, 1.54) is 17.9 Å². The summed E-state index contributed by atoms with van der Waals surface area (Å²) in [6, 6.07) is 4.55. The van der Waals surface area contributed by atoms with Crippen LogP contribution in [0.1, 0.15) is 23.3 Å². The monoisotopic (exact) mass is 429 g/mol. The van der Waals surface area contributed by atoms with Crippen molar-refractivity contribution in [3.8, 4) is 5.69 Å². The molecule has 1 atom stereocenters. The van der Waals surface area contributed by atoms with Crippen molar-refractivity contribution >= 4 is 29.0 Å². The maximum Gasteiger partial charge on any atom is 0.414 e. The van der Waals surface area contributed by atoms with Crippen molar-refractivity contribution in [1.29, 1.82) is 0 Å². The highest BCUT2D eigenvalue weighted by Crippen LogP contribution is 2.26. The van der Waals surface area contributed by atoms with E-state index in [1.54, 1.807) is 40.6 Å². The maximum atomic E-state index is 14.8. The second-order valence-electron chi connectivity index (χ2n) is 7.02. The Hall–Kier alpha value is -3.27. The number of cyclic esters (lactones) is 1. The van der Waals surface area contributed by atoms with Crippen molar-refractivity contribution in [3.05, 3.63) is 58.3 Å². The van der Waals surface area contributed by atoms with Crippen LogP contribution < -0.4 is 10.2 Å². The molecule has 2 aromatic heterocycles. The highest BCUT2D eigenvalue weighted by molar-refractivity contribution is 7.09. The number of carbonyl (C=O) groups is 2. The number of aryl methyl sites for hydroxylation is 1. The normalized spacial score (nSPS) is 16.0. The van der Waals surface area contributed by atoms with E-state index in [-0.39, 0.29) is 19.0 Å². The number of carbonyl (C=O) groups excluding carboxylic acids is 2. The van der Waals surface area contributed by atoms with Gasteiger partial charge in [0.1, 0.15) is 11.9 Å². The summed E-state index contributed by atoms with van der Waals surface area (Å²) < 4.78 is 21.6. The van der Waals surface area contributed by atoms with Gasteiger partial charge in [0.05, 0.1) is 41.5 Å². The lowest BCUT2D eigenvalue weighted by atomic mass is 10.2.